The van der Waals surface area contributed by atoms with E-state index in [4.69, 9.17) is 0 Å². The van der Waals surface area contributed by atoms with E-state index in [1.54, 1.807) is 6.07 Å². The van der Waals surface area contributed by atoms with Gasteiger partial charge in [0.1, 0.15) is 11.6 Å². The predicted molar refractivity (Wildman–Crippen MR) is 82.2 cm³/mol. The summed E-state index contributed by atoms with van der Waals surface area (Å²) in [5.41, 5.74) is -0.0536. The lowest BCUT2D eigenvalue weighted by molar-refractivity contribution is 0.573. The second-order valence-corrected chi connectivity index (χ2v) is 6.51. The van der Waals surface area contributed by atoms with Crippen molar-refractivity contribution in [3.63, 3.8) is 0 Å². The van der Waals surface area contributed by atoms with E-state index in [1.165, 1.54) is 0 Å². The molecule has 1 aromatic rings. The van der Waals surface area contributed by atoms with Gasteiger partial charge in [-0.15, -0.1) is 0 Å². The second kappa shape index (κ2) is 5.99. The fourth-order valence-corrected chi connectivity index (χ4v) is 3.02. The van der Waals surface area contributed by atoms with Crippen molar-refractivity contribution in [3.8, 4) is 0 Å². The summed E-state index contributed by atoms with van der Waals surface area (Å²) in [7, 11) is 0. The number of nitrogens with zero attached hydrogens (tertiary/aromatic N) is 1. The lowest BCUT2D eigenvalue weighted by atomic mass is 10.0. The smallest absolute Gasteiger partial charge is 0.252 e. The summed E-state index contributed by atoms with van der Waals surface area (Å²) in [6, 6.07) is 1.56. The number of nitrogens with one attached hydrogen (secondary N) is 2. The molecule has 0 radical (unpaired) electrons. The van der Waals surface area contributed by atoms with Crippen molar-refractivity contribution in [2.75, 3.05) is 18.1 Å². The molecule has 0 bridgehead atoms. The molecule has 0 saturated heterocycles. The highest BCUT2D eigenvalue weighted by Gasteiger charge is 2.27. The van der Waals surface area contributed by atoms with Crippen LogP contribution in [0.15, 0.2) is 10.9 Å². The molecular weight excluding hydrogens is 258 g/mol. The van der Waals surface area contributed by atoms with E-state index in [9.17, 15) is 4.79 Å². The van der Waals surface area contributed by atoms with Crippen molar-refractivity contribution in [2.45, 2.75) is 50.2 Å². The van der Waals surface area contributed by atoms with Crippen LogP contribution < -0.4 is 10.9 Å². The molecule has 5 heteroatoms. The van der Waals surface area contributed by atoms with Crippen LogP contribution in [-0.2, 0) is 0 Å². The summed E-state index contributed by atoms with van der Waals surface area (Å²) >= 11 is 1.89. The molecule has 1 aliphatic rings. The van der Waals surface area contributed by atoms with Gasteiger partial charge in [0.15, 0.2) is 0 Å². The van der Waals surface area contributed by atoms with E-state index >= 15 is 0 Å². The average molecular weight is 281 g/mol. The van der Waals surface area contributed by atoms with Crippen LogP contribution in [0.5, 0.6) is 0 Å². The third kappa shape index (κ3) is 3.53. The van der Waals surface area contributed by atoms with Gasteiger partial charge in [-0.3, -0.25) is 4.79 Å². The van der Waals surface area contributed by atoms with Crippen LogP contribution in [0.4, 0.5) is 5.82 Å². The van der Waals surface area contributed by atoms with Crippen molar-refractivity contribution >= 4 is 17.6 Å². The zero-order valence-electron chi connectivity index (χ0n) is 12.0. The highest BCUT2D eigenvalue weighted by molar-refractivity contribution is 8.00. The highest BCUT2D eigenvalue weighted by Crippen LogP contribution is 2.37. The third-order valence-electron chi connectivity index (χ3n) is 4.04. The van der Waals surface area contributed by atoms with Crippen LogP contribution >= 0.6 is 11.8 Å². The number of hydrogen-bond donors (Lipinski definition) is 2. The zero-order valence-corrected chi connectivity index (χ0v) is 12.8. The largest absolute Gasteiger partial charge is 0.368 e. The van der Waals surface area contributed by atoms with Crippen LogP contribution in [-0.4, -0.2) is 27.5 Å². The first kappa shape index (κ1) is 14.4. The van der Waals surface area contributed by atoms with Crippen molar-refractivity contribution in [3.05, 3.63) is 22.2 Å². The molecule has 0 aliphatic heterocycles. The molecule has 0 aromatic carbocycles. The average Bonchev–Trinajstić information content (AvgIpc) is 3.25. The molecule has 1 saturated carbocycles. The molecule has 0 spiro atoms. The molecule has 4 nitrogen and oxygen atoms in total. The summed E-state index contributed by atoms with van der Waals surface area (Å²) in [4.78, 5) is 19.0. The zero-order chi connectivity index (χ0) is 13.9. The minimum atomic E-state index is -0.0536. The number of thioether (sulfide) groups is 1. The van der Waals surface area contributed by atoms with Gasteiger partial charge in [-0.25, -0.2) is 4.98 Å². The fraction of sp³-hybridized carbons (Fsp3) is 0.714. The standard InChI is InChI=1S/C14H23N3OS/c1-4-14(5-2,19-3)9-15-11-8-12(18)17-13(16-11)10-6-7-10/h8,10H,4-7,9H2,1-3H3,(H2,15,16,17,18). The van der Waals surface area contributed by atoms with Gasteiger partial charge in [0, 0.05) is 23.3 Å². The Labute approximate surface area is 118 Å². The van der Waals surface area contributed by atoms with Crippen LogP contribution in [0.3, 0.4) is 0 Å². The normalized spacial score (nSPS) is 15.5. The Morgan fingerprint density at radius 3 is 2.68 bits per heavy atom. The maximum Gasteiger partial charge on any atom is 0.252 e. The number of rotatable bonds is 7. The lowest BCUT2D eigenvalue weighted by Crippen LogP contribution is -2.32. The maximum atomic E-state index is 11.6. The Morgan fingerprint density at radius 1 is 1.47 bits per heavy atom. The third-order valence-corrected chi connectivity index (χ3v) is 5.63. The number of aromatic nitrogens is 2. The van der Waals surface area contributed by atoms with Gasteiger partial charge in [0.05, 0.1) is 0 Å². The monoisotopic (exact) mass is 281 g/mol. The Balaban J connectivity index is 2.08. The molecule has 1 heterocycles. The molecule has 1 aliphatic carbocycles. The van der Waals surface area contributed by atoms with Crippen molar-refractivity contribution < 1.29 is 0 Å². The number of H-pyrrole nitrogens is 1. The summed E-state index contributed by atoms with van der Waals surface area (Å²) in [5.74, 6) is 2.03. The van der Waals surface area contributed by atoms with Crippen LogP contribution in [0.1, 0.15) is 51.3 Å². The minimum Gasteiger partial charge on any atom is -0.368 e. The Morgan fingerprint density at radius 2 is 2.16 bits per heavy atom. The van der Waals surface area contributed by atoms with Crippen molar-refractivity contribution in [1.82, 2.24) is 9.97 Å². The number of anilines is 1. The predicted octanol–water partition coefficient (Wildman–Crippen LogP) is 2.98. The molecule has 1 fully saturated rings. The molecule has 0 atom stereocenters. The first-order valence-electron chi connectivity index (χ1n) is 7.02. The van der Waals surface area contributed by atoms with Crippen molar-refractivity contribution in [2.24, 2.45) is 0 Å². The van der Waals surface area contributed by atoms with E-state index < -0.39 is 0 Å². The molecule has 19 heavy (non-hydrogen) atoms. The molecule has 0 unspecified atom stereocenters. The lowest BCUT2D eigenvalue weighted by Gasteiger charge is -2.30. The minimum absolute atomic E-state index is 0.0536. The molecule has 2 N–H and O–H groups in total. The first-order chi connectivity index (χ1) is 9.12. The van der Waals surface area contributed by atoms with E-state index in [2.05, 4.69) is 35.4 Å². The SMILES string of the molecule is CCC(CC)(CNc1cc(=O)[nH]c(C2CC2)n1)SC. The fourth-order valence-electron chi connectivity index (χ4n) is 2.23. The van der Waals surface area contributed by atoms with E-state index in [-0.39, 0.29) is 10.3 Å². The van der Waals surface area contributed by atoms with Gasteiger partial charge in [-0.05, 0) is 31.9 Å². The Hall–Kier alpha value is -0.970. The number of aromatic amines is 1. The van der Waals surface area contributed by atoms with Crippen LogP contribution in [0.25, 0.3) is 0 Å². The molecule has 1 aromatic heterocycles. The molecule has 0 amide bonds. The van der Waals surface area contributed by atoms with Gasteiger partial charge in [0.2, 0.25) is 0 Å². The first-order valence-corrected chi connectivity index (χ1v) is 8.25. The van der Waals surface area contributed by atoms with Gasteiger partial charge in [0.25, 0.3) is 5.56 Å². The molecule has 2 rings (SSSR count). The number of hydrogen-bond acceptors (Lipinski definition) is 4. The second-order valence-electron chi connectivity index (χ2n) is 5.24. The van der Waals surface area contributed by atoms with Gasteiger partial charge >= 0.3 is 0 Å². The topological polar surface area (TPSA) is 57.8 Å². The van der Waals surface area contributed by atoms with E-state index in [1.807, 2.05) is 11.8 Å². The Kier molecular flexibility index (Phi) is 4.55. The quantitative estimate of drug-likeness (QED) is 0.806. The van der Waals surface area contributed by atoms with E-state index in [0.29, 0.717) is 11.7 Å². The highest BCUT2D eigenvalue weighted by atomic mass is 32.2. The maximum absolute atomic E-state index is 11.6. The Bertz CT molecular complexity index is 470. The summed E-state index contributed by atoms with van der Waals surface area (Å²) in [6.07, 6.45) is 6.65. The van der Waals surface area contributed by atoms with E-state index in [0.717, 1.165) is 38.1 Å². The van der Waals surface area contributed by atoms with Gasteiger partial charge in [-0.1, -0.05) is 13.8 Å². The summed E-state index contributed by atoms with van der Waals surface area (Å²) < 4.78 is 0.226. The van der Waals surface area contributed by atoms with Gasteiger partial charge < -0.3 is 10.3 Å². The van der Waals surface area contributed by atoms with Gasteiger partial charge in [-0.2, -0.15) is 11.8 Å². The summed E-state index contributed by atoms with van der Waals surface area (Å²) in [5, 5.41) is 3.35. The molecule has 106 valence electrons. The van der Waals surface area contributed by atoms with Crippen LogP contribution in [0, 0.1) is 0 Å². The van der Waals surface area contributed by atoms with Crippen molar-refractivity contribution in [1.29, 1.82) is 0 Å². The summed E-state index contributed by atoms with van der Waals surface area (Å²) in [6.45, 7) is 5.27. The van der Waals surface area contributed by atoms with Crippen LogP contribution in [0.2, 0.25) is 0 Å². The molecular formula is C14H23N3OS.